The van der Waals surface area contributed by atoms with Gasteiger partial charge in [0.15, 0.2) is 0 Å². The van der Waals surface area contributed by atoms with E-state index in [1.165, 1.54) is 4.90 Å². The third kappa shape index (κ3) is 7.30. The van der Waals surface area contributed by atoms with E-state index in [0.29, 0.717) is 12.1 Å². The number of aryl methyl sites for hydroxylation is 2. The molecule has 1 fully saturated rings. The van der Waals surface area contributed by atoms with E-state index < -0.39 is 28.5 Å². The van der Waals surface area contributed by atoms with Gasteiger partial charge in [0.1, 0.15) is 12.6 Å². The summed E-state index contributed by atoms with van der Waals surface area (Å²) < 4.78 is 29.0. The highest BCUT2D eigenvalue weighted by Gasteiger charge is 2.33. The Morgan fingerprint density at radius 3 is 2.23 bits per heavy atom. The Hall–Kier alpha value is -3.65. The van der Waals surface area contributed by atoms with E-state index in [-0.39, 0.29) is 23.4 Å². The minimum atomic E-state index is -4.06. The molecule has 40 heavy (non-hydrogen) atoms. The summed E-state index contributed by atoms with van der Waals surface area (Å²) in [5.41, 5.74) is 3.25. The van der Waals surface area contributed by atoms with Crippen molar-refractivity contribution in [1.29, 1.82) is 0 Å². The number of rotatable bonds is 11. The SMILES string of the molecule is Cc1ccc(S(=O)(=O)N(CC(=O)N(CCc2ccccc2)[C@H](C)C(=O)NC2CCCC2)c2cccc(C)c2)cc1. The minimum absolute atomic E-state index is 0.107. The lowest BCUT2D eigenvalue weighted by atomic mass is 10.1. The van der Waals surface area contributed by atoms with Gasteiger partial charge < -0.3 is 10.2 Å². The van der Waals surface area contributed by atoms with Crippen molar-refractivity contribution in [3.63, 3.8) is 0 Å². The Morgan fingerprint density at radius 2 is 1.57 bits per heavy atom. The molecule has 0 saturated heterocycles. The topological polar surface area (TPSA) is 86.8 Å². The summed E-state index contributed by atoms with van der Waals surface area (Å²) in [6, 6.07) is 22.8. The molecule has 0 bridgehead atoms. The highest BCUT2D eigenvalue weighted by Crippen LogP contribution is 2.25. The van der Waals surface area contributed by atoms with E-state index in [0.717, 1.165) is 46.7 Å². The fraction of sp³-hybridized carbons (Fsp3) is 0.375. The average molecular weight is 562 g/mol. The fourth-order valence-electron chi connectivity index (χ4n) is 5.11. The van der Waals surface area contributed by atoms with E-state index in [2.05, 4.69) is 5.32 Å². The number of hydrogen-bond donors (Lipinski definition) is 1. The Labute approximate surface area is 238 Å². The zero-order valence-electron chi connectivity index (χ0n) is 23.5. The van der Waals surface area contributed by atoms with Gasteiger partial charge in [-0.25, -0.2) is 8.42 Å². The highest BCUT2D eigenvalue weighted by atomic mass is 32.2. The van der Waals surface area contributed by atoms with E-state index in [9.17, 15) is 18.0 Å². The smallest absolute Gasteiger partial charge is 0.264 e. The first-order chi connectivity index (χ1) is 19.1. The molecule has 0 heterocycles. The molecule has 1 N–H and O–H groups in total. The molecule has 0 aromatic heterocycles. The maximum absolute atomic E-state index is 14.0. The number of nitrogens with zero attached hydrogens (tertiary/aromatic N) is 2. The van der Waals surface area contributed by atoms with Crippen molar-refractivity contribution in [1.82, 2.24) is 10.2 Å². The number of amides is 2. The minimum Gasteiger partial charge on any atom is -0.352 e. The molecular formula is C32H39N3O4S. The van der Waals surface area contributed by atoms with Crippen LogP contribution in [0.1, 0.15) is 49.3 Å². The molecule has 8 heteroatoms. The normalized spacial score (nSPS) is 14.5. The second kappa shape index (κ2) is 13.1. The number of benzene rings is 3. The van der Waals surface area contributed by atoms with Crippen molar-refractivity contribution >= 4 is 27.5 Å². The predicted molar refractivity (Wildman–Crippen MR) is 159 cm³/mol. The van der Waals surface area contributed by atoms with E-state index in [4.69, 9.17) is 0 Å². The van der Waals surface area contributed by atoms with Gasteiger partial charge in [-0.15, -0.1) is 0 Å². The zero-order chi connectivity index (χ0) is 28.7. The van der Waals surface area contributed by atoms with Crippen molar-refractivity contribution in [3.8, 4) is 0 Å². The van der Waals surface area contributed by atoms with Gasteiger partial charge in [-0.05, 0) is 75.4 Å². The summed E-state index contributed by atoms with van der Waals surface area (Å²) in [7, 11) is -4.06. The third-order valence-corrected chi connectivity index (χ3v) is 9.32. The maximum Gasteiger partial charge on any atom is 0.264 e. The summed E-state index contributed by atoms with van der Waals surface area (Å²) in [6.07, 6.45) is 4.58. The molecule has 1 saturated carbocycles. The van der Waals surface area contributed by atoms with Gasteiger partial charge in [-0.2, -0.15) is 0 Å². The lowest BCUT2D eigenvalue weighted by Crippen LogP contribution is -2.53. The monoisotopic (exact) mass is 561 g/mol. The number of carbonyl (C=O) groups excluding carboxylic acids is 2. The Kier molecular flexibility index (Phi) is 9.63. The maximum atomic E-state index is 14.0. The molecule has 0 spiro atoms. The van der Waals surface area contributed by atoms with Crippen LogP contribution in [-0.4, -0.2) is 50.3 Å². The fourth-order valence-corrected chi connectivity index (χ4v) is 6.52. The molecule has 3 aromatic rings. The highest BCUT2D eigenvalue weighted by molar-refractivity contribution is 7.92. The largest absolute Gasteiger partial charge is 0.352 e. The van der Waals surface area contributed by atoms with Crippen molar-refractivity contribution in [2.75, 3.05) is 17.4 Å². The number of hydrogen-bond acceptors (Lipinski definition) is 4. The van der Waals surface area contributed by atoms with Crippen LogP contribution >= 0.6 is 0 Å². The molecule has 4 rings (SSSR count). The summed E-state index contributed by atoms with van der Waals surface area (Å²) in [6.45, 7) is 5.35. The second-order valence-electron chi connectivity index (χ2n) is 10.7. The summed E-state index contributed by atoms with van der Waals surface area (Å²) in [5, 5.41) is 3.10. The van der Waals surface area contributed by atoms with Crippen LogP contribution in [0.3, 0.4) is 0 Å². The van der Waals surface area contributed by atoms with E-state index in [1.807, 2.05) is 50.2 Å². The van der Waals surface area contributed by atoms with Crippen molar-refractivity contribution in [2.45, 2.75) is 69.9 Å². The van der Waals surface area contributed by atoms with Gasteiger partial charge in [0.05, 0.1) is 10.6 Å². The van der Waals surface area contributed by atoms with Crippen LogP contribution in [0, 0.1) is 13.8 Å². The first-order valence-corrected chi connectivity index (χ1v) is 15.4. The predicted octanol–water partition coefficient (Wildman–Crippen LogP) is 5.02. The first kappa shape index (κ1) is 29.3. The van der Waals surface area contributed by atoms with Crippen LogP contribution in [0.15, 0.2) is 83.8 Å². The van der Waals surface area contributed by atoms with Crippen molar-refractivity contribution in [3.05, 3.63) is 95.6 Å². The molecule has 1 aliphatic carbocycles. The zero-order valence-corrected chi connectivity index (χ0v) is 24.4. The van der Waals surface area contributed by atoms with Crippen molar-refractivity contribution < 1.29 is 18.0 Å². The Bertz CT molecular complexity index is 1400. The van der Waals surface area contributed by atoms with Crippen LogP contribution in [0.2, 0.25) is 0 Å². The molecule has 7 nitrogen and oxygen atoms in total. The lowest BCUT2D eigenvalue weighted by Gasteiger charge is -2.32. The van der Waals surface area contributed by atoms with Crippen LogP contribution in [0.4, 0.5) is 5.69 Å². The first-order valence-electron chi connectivity index (χ1n) is 13.9. The van der Waals surface area contributed by atoms with Crippen molar-refractivity contribution in [2.24, 2.45) is 0 Å². The number of sulfonamides is 1. The summed E-state index contributed by atoms with van der Waals surface area (Å²) in [4.78, 5) is 28.9. The van der Waals surface area contributed by atoms with Gasteiger partial charge in [0, 0.05) is 12.6 Å². The summed E-state index contributed by atoms with van der Waals surface area (Å²) in [5.74, 6) is -0.640. The number of anilines is 1. The second-order valence-corrected chi connectivity index (χ2v) is 12.5. The number of carbonyl (C=O) groups is 2. The molecule has 3 aromatic carbocycles. The van der Waals surface area contributed by atoms with Crippen LogP contribution in [0.25, 0.3) is 0 Å². The van der Waals surface area contributed by atoms with Crippen LogP contribution in [-0.2, 0) is 26.0 Å². The molecule has 1 atom stereocenters. The van der Waals surface area contributed by atoms with E-state index >= 15 is 0 Å². The molecule has 0 aliphatic heterocycles. The van der Waals surface area contributed by atoms with Gasteiger partial charge >= 0.3 is 0 Å². The average Bonchev–Trinajstić information content (AvgIpc) is 3.45. The quantitative estimate of drug-likeness (QED) is 0.356. The van der Waals surface area contributed by atoms with Gasteiger partial charge in [-0.1, -0.05) is 73.0 Å². The molecule has 2 amide bonds. The van der Waals surface area contributed by atoms with Crippen LogP contribution < -0.4 is 9.62 Å². The Balaban J connectivity index is 1.64. The standard InChI is InChI=1S/C32H39N3O4S/c1-24-16-18-30(19-17-24)40(38,39)35(29-15-9-10-25(2)22-29)23-31(36)34(21-20-27-11-5-4-6-12-27)26(3)32(37)33-28-13-7-8-14-28/h4-6,9-12,15-19,22,26,28H,7-8,13-14,20-21,23H2,1-3H3,(H,33,37)/t26-/m1/s1. The molecule has 212 valence electrons. The third-order valence-electron chi connectivity index (χ3n) is 7.53. The molecule has 0 unspecified atom stereocenters. The molecular weight excluding hydrogens is 522 g/mol. The Morgan fingerprint density at radius 1 is 0.900 bits per heavy atom. The van der Waals surface area contributed by atoms with Gasteiger partial charge in [0.25, 0.3) is 10.0 Å². The molecule has 1 aliphatic rings. The van der Waals surface area contributed by atoms with Crippen LogP contribution in [0.5, 0.6) is 0 Å². The van der Waals surface area contributed by atoms with Gasteiger partial charge in [-0.3, -0.25) is 13.9 Å². The summed E-state index contributed by atoms with van der Waals surface area (Å²) >= 11 is 0. The van der Waals surface area contributed by atoms with Gasteiger partial charge in [0.2, 0.25) is 11.8 Å². The lowest BCUT2D eigenvalue weighted by molar-refractivity contribution is -0.139. The molecule has 0 radical (unpaired) electrons. The number of nitrogens with one attached hydrogen (secondary N) is 1. The van der Waals surface area contributed by atoms with E-state index in [1.54, 1.807) is 49.4 Å².